The molecule has 1 atom stereocenters. The quantitative estimate of drug-likeness (QED) is 0.740. The fourth-order valence-electron chi connectivity index (χ4n) is 1.70. The molecule has 1 aliphatic heterocycles. The van der Waals surface area contributed by atoms with Crippen LogP contribution in [0.4, 0.5) is 8.78 Å². The summed E-state index contributed by atoms with van der Waals surface area (Å²) in [4.78, 5) is 0. The van der Waals surface area contributed by atoms with Crippen molar-refractivity contribution in [1.82, 2.24) is 0 Å². The maximum Gasteiger partial charge on any atom is 0.201 e. The van der Waals surface area contributed by atoms with Gasteiger partial charge in [0.2, 0.25) is 5.82 Å². The van der Waals surface area contributed by atoms with E-state index in [1.807, 2.05) is 0 Å². The van der Waals surface area contributed by atoms with E-state index < -0.39 is 11.6 Å². The van der Waals surface area contributed by atoms with Crippen molar-refractivity contribution in [2.24, 2.45) is 5.73 Å². The fraction of sp³-hybridized carbons (Fsp3) is 0.400. The van der Waals surface area contributed by atoms with Crippen LogP contribution in [0.2, 0.25) is 0 Å². The molecule has 0 unspecified atom stereocenters. The van der Waals surface area contributed by atoms with Crippen LogP contribution >= 0.6 is 15.9 Å². The van der Waals surface area contributed by atoms with Gasteiger partial charge in [-0.05, 0) is 18.9 Å². The van der Waals surface area contributed by atoms with Crippen LogP contribution in [0.15, 0.2) is 10.5 Å². The SMILES string of the molecule is N[C@@H]1CCCOc2c(F)c(F)cc(Br)c21. The minimum absolute atomic E-state index is 0.0492. The molecule has 0 aliphatic carbocycles. The van der Waals surface area contributed by atoms with E-state index in [2.05, 4.69) is 15.9 Å². The van der Waals surface area contributed by atoms with Crippen LogP contribution < -0.4 is 10.5 Å². The number of halogens is 3. The second-order valence-corrected chi connectivity index (χ2v) is 4.35. The van der Waals surface area contributed by atoms with Crippen molar-refractivity contribution in [3.8, 4) is 5.75 Å². The van der Waals surface area contributed by atoms with Gasteiger partial charge in [-0.25, -0.2) is 4.39 Å². The number of rotatable bonds is 0. The third-order valence-electron chi connectivity index (χ3n) is 2.44. The molecule has 1 aliphatic rings. The monoisotopic (exact) mass is 277 g/mol. The summed E-state index contributed by atoms with van der Waals surface area (Å²) in [6.45, 7) is 0.369. The molecule has 2 nitrogen and oxygen atoms in total. The van der Waals surface area contributed by atoms with E-state index >= 15 is 0 Å². The van der Waals surface area contributed by atoms with E-state index in [1.165, 1.54) is 0 Å². The van der Waals surface area contributed by atoms with Gasteiger partial charge in [-0.15, -0.1) is 0 Å². The normalized spacial score (nSPS) is 20.4. The van der Waals surface area contributed by atoms with E-state index in [-0.39, 0.29) is 11.8 Å². The number of hydrogen-bond acceptors (Lipinski definition) is 2. The van der Waals surface area contributed by atoms with Crippen molar-refractivity contribution >= 4 is 15.9 Å². The lowest BCUT2D eigenvalue weighted by molar-refractivity contribution is 0.295. The van der Waals surface area contributed by atoms with Gasteiger partial charge in [0.1, 0.15) is 0 Å². The van der Waals surface area contributed by atoms with E-state index in [1.54, 1.807) is 0 Å². The number of ether oxygens (including phenoxy) is 1. The average Bonchev–Trinajstić information content (AvgIpc) is 2.37. The highest BCUT2D eigenvalue weighted by atomic mass is 79.9. The molecule has 0 saturated carbocycles. The fourth-order valence-corrected chi connectivity index (χ4v) is 2.37. The lowest BCUT2D eigenvalue weighted by atomic mass is 10.0. The Balaban J connectivity index is 2.63. The van der Waals surface area contributed by atoms with Crippen LogP contribution in [-0.2, 0) is 0 Å². The van der Waals surface area contributed by atoms with Crippen molar-refractivity contribution in [2.45, 2.75) is 18.9 Å². The molecule has 0 bridgehead atoms. The summed E-state index contributed by atoms with van der Waals surface area (Å²) >= 11 is 3.18. The van der Waals surface area contributed by atoms with Crippen LogP contribution in [0.1, 0.15) is 24.4 Å². The molecule has 0 amide bonds. The zero-order valence-electron chi connectivity index (χ0n) is 7.90. The van der Waals surface area contributed by atoms with Gasteiger partial charge in [0.15, 0.2) is 11.6 Å². The molecule has 1 aromatic carbocycles. The maximum absolute atomic E-state index is 13.4. The Morgan fingerprint density at radius 2 is 2.20 bits per heavy atom. The van der Waals surface area contributed by atoms with Crippen LogP contribution in [0.25, 0.3) is 0 Å². The molecule has 1 heterocycles. The van der Waals surface area contributed by atoms with Crippen molar-refractivity contribution in [3.63, 3.8) is 0 Å². The van der Waals surface area contributed by atoms with E-state index in [0.717, 1.165) is 12.5 Å². The van der Waals surface area contributed by atoms with Gasteiger partial charge in [0, 0.05) is 16.1 Å². The highest BCUT2D eigenvalue weighted by Crippen LogP contribution is 2.38. The Morgan fingerprint density at radius 3 is 2.93 bits per heavy atom. The standard InChI is InChI=1S/C10H10BrF2NO/c11-5-4-6(12)9(13)10-8(5)7(14)2-1-3-15-10/h4,7H,1-3,14H2/t7-/m1/s1. The molecular formula is C10H10BrF2NO. The molecule has 0 radical (unpaired) electrons. The Labute approximate surface area is 94.5 Å². The van der Waals surface area contributed by atoms with Crippen LogP contribution in [0.5, 0.6) is 5.75 Å². The second kappa shape index (κ2) is 4.06. The van der Waals surface area contributed by atoms with Crippen LogP contribution in [-0.4, -0.2) is 6.61 Å². The largest absolute Gasteiger partial charge is 0.490 e. The number of benzene rings is 1. The summed E-state index contributed by atoms with van der Waals surface area (Å²) in [5.41, 5.74) is 6.39. The van der Waals surface area contributed by atoms with Gasteiger partial charge >= 0.3 is 0 Å². The molecule has 0 fully saturated rings. The Hall–Kier alpha value is -0.680. The first kappa shape index (κ1) is 10.8. The summed E-state index contributed by atoms with van der Waals surface area (Å²) < 4.78 is 32.2. The number of nitrogens with two attached hydrogens (primary N) is 1. The summed E-state index contributed by atoms with van der Waals surface area (Å²) in [6, 6.07) is 0.773. The first-order chi connectivity index (χ1) is 7.11. The highest BCUT2D eigenvalue weighted by molar-refractivity contribution is 9.10. The minimum atomic E-state index is -0.953. The highest BCUT2D eigenvalue weighted by Gasteiger charge is 2.25. The molecule has 82 valence electrons. The van der Waals surface area contributed by atoms with E-state index in [9.17, 15) is 8.78 Å². The van der Waals surface area contributed by atoms with Gasteiger partial charge in [0.25, 0.3) is 0 Å². The Morgan fingerprint density at radius 1 is 1.47 bits per heavy atom. The van der Waals surface area contributed by atoms with Gasteiger partial charge in [-0.3, -0.25) is 0 Å². The minimum Gasteiger partial charge on any atom is -0.490 e. The smallest absolute Gasteiger partial charge is 0.201 e. The molecule has 0 saturated heterocycles. The lowest BCUT2D eigenvalue weighted by Gasteiger charge is -2.14. The molecule has 15 heavy (non-hydrogen) atoms. The molecular weight excluding hydrogens is 268 g/mol. The zero-order chi connectivity index (χ0) is 11.0. The Bertz CT molecular complexity index is 397. The molecule has 0 spiro atoms. The first-order valence-electron chi connectivity index (χ1n) is 4.67. The molecule has 0 aromatic heterocycles. The predicted molar refractivity (Wildman–Crippen MR) is 55.7 cm³/mol. The van der Waals surface area contributed by atoms with Gasteiger partial charge in [-0.2, -0.15) is 4.39 Å². The van der Waals surface area contributed by atoms with Crippen molar-refractivity contribution in [1.29, 1.82) is 0 Å². The summed E-state index contributed by atoms with van der Waals surface area (Å²) in [5, 5.41) is 0. The summed E-state index contributed by atoms with van der Waals surface area (Å²) in [6.07, 6.45) is 1.44. The number of fused-ring (bicyclic) bond motifs is 1. The van der Waals surface area contributed by atoms with Gasteiger partial charge < -0.3 is 10.5 Å². The summed E-state index contributed by atoms with van der Waals surface area (Å²) in [7, 11) is 0. The molecule has 1 aromatic rings. The van der Waals surface area contributed by atoms with E-state index in [4.69, 9.17) is 10.5 Å². The van der Waals surface area contributed by atoms with Crippen LogP contribution in [0, 0.1) is 11.6 Å². The lowest BCUT2D eigenvalue weighted by Crippen LogP contribution is -2.11. The second-order valence-electron chi connectivity index (χ2n) is 3.49. The third kappa shape index (κ3) is 1.86. The Kier molecular flexibility index (Phi) is 2.93. The number of hydrogen-bond donors (Lipinski definition) is 1. The van der Waals surface area contributed by atoms with Crippen molar-refractivity contribution < 1.29 is 13.5 Å². The van der Waals surface area contributed by atoms with Gasteiger partial charge in [-0.1, -0.05) is 15.9 Å². The topological polar surface area (TPSA) is 35.2 Å². The van der Waals surface area contributed by atoms with Crippen molar-refractivity contribution in [3.05, 3.63) is 27.7 Å². The van der Waals surface area contributed by atoms with E-state index in [0.29, 0.717) is 23.1 Å². The van der Waals surface area contributed by atoms with Crippen LogP contribution in [0.3, 0.4) is 0 Å². The van der Waals surface area contributed by atoms with Gasteiger partial charge in [0.05, 0.1) is 6.61 Å². The third-order valence-corrected chi connectivity index (χ3v) is 3.10. The average molecular weight is 278 g/mol. The molecule has 2 rings (SSSR count). The molecule has 5 heteroatoms. The summed E-state index contributed by atoms with van der Waals surface area (Å²) in [5.74, 6) is -1.92. The van der Waals surface area contributed by atoms with Crippen molar-refractivity contribution in [2.75, 3.05) is 6.61 Å². The molecule has 2 N–H and O–H groups in total. The first-order valence-corrected chi connectivity index (χ1v) is 5.46. The predicted octanol–water partition coefficient (Wildman–Crippen LogP) is 2.90. The zero-order valence-corrected chi connectivity index (χ0v) is 9.48. The maximum atomic E-state index is 13.4.